The van der Waals surface area contributed by atoms with Gasteiger partial charge in [0.15, 0.2) is 17.3 Å². The van der Waals surface area contributed by atoms with Gasteiger partial charge in [0.2, 0.25) is 13.1 Å². The summed E-state index contributed by atoms with van der Waals surface area (Å²) in [5, 5.41) is 14.6. The average Bonchev–Trinajstić information content (AvgIpc) is 3.56. The topological polar surface area (TPSA) is 160 Å². The highest BCUT2D eigenvalue weighted by molar-refractivity contribution is 6.05. The van der Waals surface area contributed by atoms with E-state index in [1.807, 2.05) is 31.2 Å². The number of amides is 2. The van der Waals surface area contributed by atoms with Gasteiger partial charge in [-0.3, -0.25) is 9.59 Å². The molecule has 12 nitrogen and oxygen atoms in total. The second-order valence-electron chi connectivity index (χ2n) is 10.9. The molecule has 47 heavy (non-hydrogen) atoms. The number of hydrogen-bond acceptors (Lipinski definition) is 10. The molecule has 2 aliphatic rings. The number of carbonyl (C=O) groups excluding carboxylic acids is 2. The first-order valence-corrected chi connectivity index (χ1v) is 15.7. The Morgan fingerprint density at radius 2 is 1.70 bits per heavy atom. The first-order chi connectivity index (χ1) is 23.0. The van der Waals surface area contributed by atoms with E-state index in [1.54, 1.807) is 48.5 Å². The van der Waals surface area contributed by atoms with E-state index in [4.69, 9.17) is 39.3 Å². The predicted octanol–water partition coefficient (Wildman–Crippen LogP) is 3.96. The Kier molecular flexibility index (Phi) is 12.1. The SMILES string of the molecule is CCO[C@@H]1OC(C(=O)NCc2ccc(C(=O)Nc3ccccc3N)cc2)=C[C@H](c2ccc3c(c2)OCO3)[C@H]1CCOCCOCCO. The van der Waals surface area contributed by atoms with E-state index in [1.165, 1.54) is 0 Å². The molecule has 0 spiro atoms. The third-order valence-electron chi connectivity index (χ3n) is 7.80. The van der Waals surface area contributed by atoms with Crippen LogP contribution in [0.5, 0.6) is 11.5 Å². The number of rotatable bonds is 16. The van der Waals surface area contributed by atoms with Crippen LogP contribution in [-0.2, 0) is 30.3 Å². The van der Waals surface area contributed by atoms with Crippen LogP contribution in [0.2, 0.25) is 0 Å². The molecule has 0 fully saturated rings. The van der Waals surface area contributed by atoms with Crippen LogP contribution in [0.4, 0.5) is 11.4 Å². The zero-order valence-electron chi connectivity index (χ0n) is 26.3. The Balaban J connectivity index is 1.26. The molecular formula is C35H41N3O9. The van der Waals surface area contributed by atoms with Crippen LogP contribution < -0.4 is 25.8 Å². The first kappa shape index (κ1) is 33.7. The lowest BCUT2D eigenvalue weighted by Gasteiger charge is -2.37. The molecule has 5 N–H and O–H groups in total. The fraction of sp³-hybridized carbons (Fsp3) is 0.371. The molecule has 2 amide bonds. The van der Waals surface area contributed by atoms with Gasteiger partial charge >= 0.3 is 0 Å². The molecule has 0 radical (unpaired) electrons. The maximum absolute atomic E-state index is 13.5. The van der Waals surface area contributed by atoms with Gasteiger partial charge in [-0.25, -0.2) is 0 Å². The summed E-state index contributed by atoms with van der Waals surface area (Å²) < 4.78 is 34.4. The molecule has 250 valence electrons. The van der Waals surface area contributed by atoms with Gasteiger partial charge in [0.25, 0.3) is 11.8 Å². The number of hydrogen-bond donors (Lipinski definition) is 4. The van der Waals surface area contributed by atoms with Crippen LogP contribution in [0.15, 0.2) is 78.6 Å². The number of aliphatic hydroxyl groups excluding tert-OH is 1. The number of fused-ring (bicyclic) bond motifs is 1. The predicted molar refractivity (Wildman–Crippen MR) is 174 cm³/mol. The molecule has 0 saturated carbocycles. The maximum Gasteiger partial charge on any atom is 0.286 e. The number of nitrogens with two attached hydrogens (primary N) is 1. The van der Waals surface area contributed by atoms with Gasteiger partial charge in [-0.05, 0) is 66.9 Å². The molecule has 3 aromatic rings. The zero-order chi connectivity index (χ0) is 33.0. The van der Waals surface area contributed by atoms with Gasteiger partial charge in [0.05, 0.1) is 37.8 Å². The summed E-state index contributed by atoms with van der Waals surface area (Å²) in [6.07, 6.45) is 1.71. The van der Waals surface area contributed by atoms with Crippen molar-refractivity contribution < 1.29 is 43.1 Å². The Labute approximate surface area is 273 Å². The summed E-state index contributed by atoms with van der Waals surface area (Å²) in [7, 11) is 0. The van der Waals surface area contributed by atoms with Crippen LogP contribution >= 0.6 is 0 Å². The normalized spacial score (nSPS) is 18.3. The second-order valence-corrected chi connectivity index (χ2v) is 10.9. The highest BCUT2D eigenvalue weighted by atomic mass is 16.7. The van der Waals surface area contributed by atoms with Crippen LogP contribution in [0, 0.1) is 5.92 Å². The third-order valence-corrected chi connectivity index (χ3v) is 7.80. The highest BCUT2D eigenvalue weighted by Gasteiger charge is 2.38. The van der Waals surface area contributed by atoms with Crippen molar-refractivity contribution >= 4 is 23.2 Å². The number of nitrogens with one attached hydrogen (secondary N) is 2. The summed E-state index contributed by atoms with van der Waals surface area (Å²) in [4.78, 5) is 26.1. The Morgan fingerprint density at radius 1 is 0.936 bits per heavy atom. The fourth-order valence-corrected chi connectivity index (χ4v) is 5.39. The monoisotopic (exact) mass is 647 g/mol. The number of carbonyl (C=O) groups is 2. The molecule has 12 heteroatoms. The number of aliphatic hydroxyl groups is 1. The van der Waals surface area contributed by atoms with E-state index in [2.05, 4.69) is 10.6 Å². The summed E-state index contributed by atoms with van der Waals surface area (Å²) in [5.41, 5.74) is 9.14. The van der Waals surface area contributed by atoms with Crippen LogP contribution in [0.3, 0.4) is 0 Å². The quantitative estimate of drug-likeness (QED) is 0.132. The van der Waals surface area contributed by atoms with Crippen LogP contribution in [0.25, 0.3) is 0 Å². The van der Waals surface area contributed by atoms with Crippen LogP contribution in [0.1, 0.15) is 40.7 Å². The largest absolute Gasteiger partial charge is 0.459 e. The number of benzene rings is 3. The standard InChI is InChI=1S/C35H41N3O9/c1-2-44-35-26(13-15-42-17-18-43-16-14-39)27(25-11-12-30-31(19-25)46-22-45-30)20-32(47-35)34(41)37-21-23-7-9-24(10-8-23)33(40)38-29-6-4-3-5-28(29)36/h3-12,19-20,26-27,35,39H,2,13-18,21-22,36H2,1H3,(H,37,41)(H,38,40)/t26-,27-,35-/m1/s1. The minimum atomic E-state index is -0.702. The van der Waals surface area contributed by atoms with E-state index in [0.29, 0.717) is 61.3 Å². The van der Waals surface area contributed by atoms with Crippen molar-refractivity contribution in [1.29, 1.82) is 0 Å². The van der Waals surface area contributed by atoms with Crippen molar-refractivity contribution in [3.05, 3.63) is 95.3 Å². The maximum atomic E-state index is 13.5. The Morgan fingerprint density at radius 3 is 2.47 bits per heavy atom. The molecule has 3 atom stereocenters. The molecule has 0 aliphatic carbocycles. The molecule has 0 bridgehead atoms. The van der Waals surface area contributed by atoms with Crippen molar-refractivity contribution in [1.82, 2.24) is 5.32 Å². The summed E-state index contributed by atoms with van der Waals surface area (Å²) in [6.45, 7) is 4.05. The first-order valence-electron chi connectivity index (χ1n) is 15.7. The smallest absolute Gasteiger partial charge is 0.286 e. The number of para-hydroxylation sites is 2. The molecule has 2 heterocycles. The van der Waals surface area contributed by atoms with E-state index in [9.17, 15) is 9.59 Å². The Bertz CT molecular complexity index is 1530. The summed E-state index contributed by atoms with van der Waals surface area (Å²) in [6, 6.07) is 19.7. The molecule has 0 unspecified atom stereocenters. The zero-order valence-corrected chi connectivity index (χ0v) is 26.3. The fourth-order valence-electron chi connectivity index (χ4n) is 5.39. The number of anilines is 2. The van der Waals surface area contributed by atoms with Gasteiger partial charge in [0, 0.05) is 37.2 Å². The van der Waals surface area contributed by atoms with Gasteiger partial charge in [-0.2, -0.15) is 0 Å². The highest BCUT2D eigenvalue weighted by Crippen LogP contribution is 2.42. The summed E-state index contributed by atoms with van der Waals surface area (Å²) >= 11 is 0. The Hall–Kier alpha value is -4.62. The van der Waals surface area contributed by atoms with Crippen molar-refractivity contribution in [2.45, 2.75) is 32.1 Å². The lowest BCUT2D eigenvalue weighted by Crippen LogP contribution is -2.39. The molecule has 5 rings (SSSR count). The van der Waals surface area contributed by atoms with Gasteiger partial charge in [0.1, 0.15) is 0 Å². The number of nitrogen functional groups attached to an aromatic ring is 1. The molecule has 3 aromatic carbocycles. The van der Waals surface area contributed by atoms with E-state index in [0.717, 1.165) is 11.1 Å². The third kappa shape index (κ3) is 9.01. The van der Waals surface area contributed by atoms with Gasteiger partial charge in [-0.15, -0.1) is 0 Å². The van der Waals surface area contributed by atoms with E-state index in [-0.39, 0.29) is 50.1 Å². The molecular weight excluding hydrogens is 606 g/mol. The minimum absolute atomic E-state index is 0.0363. The van der Waals surface area contributed by atoms with Crippen molar-refractivity contribution in [3.8, 4) is 11.5 Å². The van der Waals surface area contributed by atoms with Crippen molar-refractivity contribution in [3.63, 3.8) is 0 Å². The summed E-state index contributed by atoms with van der Waals surface area (Å²) in [5.74, 6) is 0.359. The van der Waals surface area contributed by atoms with Crippen molar-refractivity contribution in [2.24, 2.45) is 5.92 Å². The van der Waals surface area contributed by atoms with E-state index >= 15 is 0 Å². The van der Waals surface area contributed by atoms with Crippen LogP contribution in [-0.4, -0.2) is 69.6 Å². The van der Waals surface area contributed by atoms with E-state index < -0.39 is 12.2 Å². The lowest BCUT2D eigenvalue weighted by molar-refractivity contribution is -0.168. The van der Waals surface area contributed by atoms with Crippen molar-refractivity contribution in [2.75, 3.05) is 57.5 Å². The minimum Gasteiger partial charge on any atom is -0.459 e. The number of allylic oxidation sites excluding steroid dienone is 1. The lowest BCUT2D eigenvalue weighted by atomic mass is 9.81. The number of ether oxygens (including phenoxy) is 6. The second kappa shape index (κ2) is 16.8. The molecule has 2 aliphatic heterocycles. The molecule has 0 aromatic heterocycles. The molecule has 0 saturated heterocycles. The van der Waals surface area contributed by atoms with Gasteiger partial charge < -0.3 is 49.9 Å². The average molecular weight is 648 g/mol. The van der Waals surface area contributed by atoms with Gasteiger partial charge in [-0.1, -0.05) is 30.3 Å².